The van der Waals surface area contributed by atoms with Crippen LogP contribution in [0.25, 0.3) is 0 Å². The fourth-order valence-electron chi connectivity index (χ4n) is 12.1. The van der Waals surface area contributed by atoms with Crippen LogP contribution < -0.4 is 5.32 Å². The molecule has 6 nitrogen and oxygen atoms in total. The lowest BCUT2D eigenvalue weighted by atomic mass is 10.0. The third-order valence-corrected chi connectivity index (χ3v) is 17.7. The molecule has 2 atom stereocenters. The van der Waals surface area contributed by atoms with Crippen molar-refractivity contribution < 1.29 is 24.5 Å². The number of carbonyl (C=O) groups excluding carboxylic acids is 2. The van der Waals surface area contributed by atoms with Crippen molar-refractivity contribution in [3.05, 3.63) is 0 Å². The van der Waals surface area contributed by atoms with Crippen LogP contribution in [0.3, 0.4) is 0 Å². The second kappa shape index (κ2) is 69.4. The summed E-state index contributed by atoms with van der Waals surface area (Å²) < 4.78 is 5.51. The molecule has 0 saturated heterocycles. The lowest BCUT2D eigenvalue weighted by Crippen LogP contribution is -2.45. The predicted molar refractivity (Wildman–Crippen MR) is 347 cm³/mol. The summed E-state index contributed by atoms with van der Waals surface area (Å²) in [6.45, 7) is 5.01. The number of nitrogens with one attached hydrogen (secondary N) is 1. The highest BCUT2D eigenvalue weighted by Gasteiger charge is 2.20. The van der Waals surface area contributed by atoms with Gasteiger partial charge < -0.3 is 20.3 Å². The Morgan fingerprint density at radius 3 is 0.772 bits per heavy atom. The molecule has 0 spiro atoms. The molecule has 6 heteroatoms. The van der Waals surface area contributed by atoms with Crippen LogP contribution >= 0.6 is 0 Å². The molecule has 0 aliphatic rings. The molecule has 0 aromatic rings. The van der Waals surface area contributed by atoms with E-state index < -0.39 is 12.1 Å². The number of hydrogen-bond acceptors (Lipinski definition) is 5. The fourth-order valence-corrected chi connectivity index (χ4v) is 12.1. The first kappa shape index (κ1) is 77.9. The zero-order valence-corrected chi connectivity index (χ0v) is 54.2. The van der Waals surface area contributed by atoms with Crippen LogP contribution in [0.2, 0.25) is 0 Å². The molecule has 1 amide bonds. The van der Waals surface area contributed by atoms with E-state index in [1.54, 1.807) is 0 Å². The zero-order valence-electron chi connectivity index (χ0n) is 54.2. The highest BCUT2D eigenvalue weighted by atomic mass is 16.5. The molecule has 472 valence electrons. The summed E-state index contributed by atoms with van der Waals surface area (Å²) in [5, 5.41) is 23.4. The number of carbonyl (C=O) groups is 2. The molecule has 0 fully saturated rings. The molecule has 0 aliphatic carbocycles. The highest BCUT2D eigenvalue weighted by molar-refractivity contribution is 5.76. The van der Waals surface area contributed by atoms with Gasteiger partial charge in [0.05, 0.1) is 25.4 Å². The summed E-state index contributed by atoms with van der Waals surface area (Å²) in [5.74, 6) is -0.00373. The van der Waals surface area contributed by atoms with Crippen molar-refractivity contribution in [1.29, 1.82) is 0 Å². The number of ether oxygens (including phenoxy) is 1. The van der Waals surface area contributed by atoms with Crippen LogP contribution in [0.5, 0.6) is 0 Å². The van der Waals surface area contributed by atoms with Gasteiger partial charge in [-0.1, -0.05) is 393 Å². The molecule has 0 radical (unpaired) electrons. The van der Waals surface area contributed by atoms with Crippen LogP contribution in [-0.2, 0) is 14.3 Å². The molecule has 0 heterocycles. The Bertz CT molecular complexity index is 1150. The Balaban J connectivity index is 3.32. The van der Waals surface area contributed by atoms with Crippen LogP contribution in [0.4, 0.5) is 0 Å². The third kappa shape index (κ3) is 65.9. The maximum Gasteiger partial charge on any atom is 0.305 e. The summed E-state index contributed by atoms with van der Waals surface area (Å²) in [5.41, 5.74) is 0. The van der Waals surface area contributed by atoms with E-state index >= 15 is 0 Å². The Hall–Kier alpha value is -1.14. The Labute approximate surface area is 496 Å². The van der Waals surface area contributed by atoms with Crippen LogP contribution in [0.1, 0.15) is 431 Å². The Morgan fingerprint density at radius 1 is 0.304 bits per heavy atom. The lowest BCUT2D eigenvalue weighted by Gasteiger charge is -2.22. The van der Waals surface area contributed by atoms with Gasteiger partial charge in [0, 0.05) is 12.8 Å². The minimum atomic E-state index is -0.662. The molecule has 0 saturated carbocycles. The van der Waals surface area contributed by atoms with Gasteiger partial charge in [0.2, 0.25) is 5.91 Å². The topological polar surface area (TPSA) is 95.9 Å². The quantitative estimate of drug-likeness (QED) is 0.0417. The Kier molecular flexibility index (Phi) is 68.4. The fraction of sp³-hybridized carbons (Fsp3) is 0.973. The normalized spacial score (nSPS) is 12.4. The molecule has 0 rings (SSSR count). The van der Waals surface area contributed by atoms with Gasteiger partial charge in [0.25, 0.3) is 0 Å². The number of amides is 1. The third-order valence-electron chi connectivity index (χ3n) is 17.7. The molecule has 3 N–H and O–H groups in total. The molecular formula is C73H145NO5. The number of unbranched alkanes of at least 4 members (excludes halogenated alkanes) is 59. The standard InChI is InChI=1S/C73H145NO5/c1-3-5-7-9-11-13-15-17-19-21-34-37-41-45-49-53-57-61-65-71(76)70(69-75)74-72(77)66-62-58-54-50-46-42-38-35-31-29-27-25-23-22-24-26-28-30-32-36-40-44-48-52-56-60-64-68-79-73(78)67-63-59-55-51-47-43-39-33-20-18-16-14-12-10-8-6-4-2/h70-71,75-76H,3-69H2,1-2H3,(H,74,77). The molecule has 0 bridgehead atoms. The van der Waals surface area contributed by atoms with Crippen molar-refractivity contribution in [2.75, 3.05) is 13.2 Å². The van der Waals surface area contributed by atoms with Crippen molar-refractivity contribution in [3.8, 4) is 0 Å². The van der Waals surface area contributed by atoms with Crippen LogP contribution in [0, 0.1) is 0 Å². The van der Waals surface area contributed by atoms with E-state index in [2.05, 4.69) is 19.2 Å². The summed E-state index contributed by atoms with van der Waals surface area (Å²) in [6.07, 6.45) is 84.5. The molecule has 2 unspecified atom stereocenters. The van der Waals surface area contributed by atoms with Crippen LogP contribution in [0.15, 0.2) is 0 Å². The summed E-state index contributed by atoms with van der Waals surface area (Å²) >= 11 is 0. The minimum absolute atomic E-state index is 0.0235. The van der Waals surface area contributed by atoms with E-state index in [1.807, 2.05) is 0 Å². The largest absolute Gasteiger partial charge is 0.466 e. The molecule has 0 aromatic carbocycles. The average molecular weight is 1120 g/mol. The average Bonchev–Trinajstić information content (AvgIpc) is 3.45. The molecular weight excluding hydrogens is 971 g/mol. The first-order valence-corrected chi connectivity index (χ1v) is 36.8. The number of rotatable bonds is 70. The van der Waals surface area contributed by atoms with Gasteiger partial charge in [-0.05, 0) is 25.7 Å². The van der Waals surface area contributed by atoms with Crippen molar-refractivity contribution in [2.24, 2.45) is 0 Å². The molecule has 79 heavy (non-hydrogen) atoms. The van der Waals surface area contributed by atoms with E-state index in [0.717, 1.165) is 38.5 Å². The smallest absolute Gasteiger partial charge is 0.305 e. The van der Waals surface area contributed by atoms with Crippen molar-refractivity contribution in [1.82, 2.24) is 5.32 Å². The van der Waals surface area contributed by atoms with Gasteiger partial charge >= 0.3 is 5.97 Å². The highest BCUT2D eigenvalue weighted by Crippen LogP contribution is 2.20. The maximum absolute atomic E-state index is 12.5. The second-order valence-corrected chi connectivity index (χ2v) is 25.6. The minimum Gasteiger partial charge on any atom is -0.466 e. The molecule has 0 aromatic heterocycles. The predicted octanol–water partition coefficient (Wildman–Crippen LogP) is 23.8. The number of aliphatic hydroxyl groups is 2. The number of esters is 1. The maximum atomic E-state index is 12.5. The number of aliphatic hydroxyl groups excluding tert-OH is 2. The molecule has 0 aliphatic heterocycles. The van der Waals surface area contributed by atoms with Gasteiger partial charge in [-0.3, -0.25) is 9.59 Å². The van der Waals surface area contributed by atoms with E-state index in [4.69, 9.17) is 4.74 Å². The van der Waals surface area contributed by atoms with E-state index in [0.29, 0.717) is 25.9 Å². The monoisotopic (exact) mass is 1120 g/mol. The van der Waals surface area contributed by atoms with Gasteiger partial charge in [0.1, 0.15) is 0 Å². The van der Waals surface area contributed by atoms with Crippen LogP contribution in [-0.4, -0.2) is 47.4 Å². The van der Waals surface area contributed by atoms with Crippen molar-refractivity contribution in [2.45, 2.75) is 443 Å². The first-order valence-electron chi connectivity index (χ1n) is 36.8. The number of hydrogen-bond donors (Lipinski definition) is 3. The summed E-state index contributed by atoms with van der Waals surface area (Å²) in [7, 11) is 0. The SMILES string of the molecule is CCCCCCCCCCCCCCCCCCCCC(O)C(CO)NC(=O)CCCCCCCCCCCCCCCCCCCCCCCCCCCCCOC(=O)CCCCCCCCCCCCCCCCCCC. The van der Waals surface area contributed by atoms with Gasteiger partial charge in [-0.25, -0.2) is 0 Å². The van der Waals surface area contributed by atoms with E-state index in [-0.39, 0.29) is 18.5 Å². The second-order valence-electron chi connectivity index (χ2n) is 25.6. The summed E-state index contributed by atoms with van der Waals surface area (Å²) in [6, 6.07) is -0.539. The van der Waals surface area contributed by atoms with Crippen molar-refractivity contribution >= 4 is 11.9 Å². The van der Waals surface area contributed by atoms with E-state index in [9.17, 15) is 19.8 Å². The van der Waals surface area contributed by atoms with Gasteiger partial charge in [-0.15, -0.1) is 0 Å². The first-order chi connectivity index (χ1) is 39.0. The van der Waals surface area contributed by atoms with Gasteiger partial charge in [-0.2, -0.15) is 0 Å². The van der Waals surface area contributed by atoms with Gasteiger partial charge in [0.15, 0.2) is 0 Å². The lowest BCUT2D eigenvalue weighted by molar-refractivity contribution is -0.143. The Morgan fingerprint density at radius 2 is 0.519 bits per heavy atom. The summed E-state index contributed by atoms with van der Waals surface area (Å²) in [4.78, 5) is 24.6. The van der Waals surface area contributed by atoms with E-state index in [1.165, 1.54) is 360 Å². The van der Waals surface area contributed by atoms with Crippen molar-refractivity contribution in [3.63, 3.8) is 0 Å². The zero-order chi connectivity index (χ0) is 57.1.